The van der Waals surface area contributed by atoms with Crippen molar-refractivity contribution in [2.75, 3.05) is 16.2 Å². The summed E-state index contributed by atoms with van der Waals surface area (Å²) < 4.78 is 27.5. The number of sulfonamides is 1. The maximum atomic E-state index is 13.2. The molecule has 0 fully saturated rings. The Balaban J connectivity index is 1.93. The van der Waals surface area contributed by atoms with Crippen LogP contribution >= 0.6 is 11.6 Å². The Morgan fingerprint density at radius 3 is 2.10 bits per heavy atom. The maximum absolute atomic E-state index is 13.2. The molecule has 0 aliphatic heterocycles. The number of benzene rings is 3. The van der Waals surface area contributed by atoms with Crippen LogP contribution in [0.25, 0.3) is 0 Å². The summed E-state index contributed by atoms with van der Waals surface area (Å²) in [5.74, 6) is -0.440. The van der Waals surface area contributed by atoms with Gasteiger partial charge in [0.1, 0.15) is 6.54 Å². The number of rotatable bonds is 6. The lowest BCUT2D eigenvalue weighted by Crippen LogP contribution is -2.38. The van der Waals surface area contributed by atoms with Crippen LogP contribution in [0.1, 0.15) is 11.1 Å². The molecule has 1 amide bonds. The molecule has 5 nitrogen and oxygen atoms in total. The molecule has 0 atom stereocenters. The van der Waals surface area contributed by atoms with Crippen molar-refractivity contribution in [3.63, 3.8) is 0 Å². The molecular formula is C22H21ClN2O3S. The number of aryl methyl sites for hydroxylation is 2. The fourth-order valence-electron chi connectivity index (χ4n) is 3.02. The van der Waals surface area contributed by atoms with E-state index in [1.807, 2.05) is 32.0 Å². The van der Waals surface area contributed by atoms with Gasteiger partial charge in [0, 0.05) is 10.7 Å². The van der Waals surface area contributed by atoms with E-state index in [9.17, 15) is 13.2 Å². The molecule has 0 aliphatic carbocycles. The minimum absolute atomic E-state index is 0.106. The molecule has 0 radical (unpaired) electrons. The standard InChI is InChI=1S/C22H21ClN2O3S/c1-16-12-17(2)14-19(13-16)24-22(26)15-25(20-10-8-18(23)9-11-20)29(27,28)21-6-4-3-5-7-21/h3-14H,15H2,1-2H3,(H,24,26). The quantitative estimate of drug-likeness (QED) is 0.613. The largest absolute Gasteiger partial charge is 0.324 e. The second-order valence-corrected chi connectivity index (χ2v) is 9.02. The molecule has 3 rings (SSSR count). The van der Waals surface area contributed by atoms with Gasteiger partial charge in [-0.05, 0) is 73.5 Å². The highest BCUT2D eigenvalue weighted by atomic mass is 35.5. The zero-order chi connectivity index (χ0) is 21.0. The summed E-state index contributed by atoms with van der Waals surface area (Å²) in [7, 11) is -3.94. The second-order valence-electron chi connectivity index (χ2n) is 6.73. The SMILES string of the molecule is Cc1cc(C)cc(NC(=O)CN(c2ccc(Cl)cc2)S(=O)(=O)c2ccccc2)c1. The monoisotopic (exact) mass is 428 g/mol. The number of carbonyl (C=O) groups excluding carboxylic acids is 1. The number of nitrogens with zero attached hydrogens (tertiary/aromatic N) is 1. The average molecular weight is 429 g/mol. The number of anilines is 2. The van der Waals surface area contributed by atoms with Crippen LogP contribution in [0.3, 0.4) is 0 Å². The van der Waals surface area contributed by atoms with Gasteiger partial charge in [0.2, 0.25) is 5.91 Å². The molecule has 0 saturated heterocycles. The first kappa shape index (κ1) is 20.9. The molecular weight excluding hydrogens is 408 g/mol. The lowest BCUT2D eigenvalue weighted by molar-refractivity contribution is -0.114. The van der Waals surface area contributed by atoms with Crippen LogP contribution < -0.4 is 9.62 Å². The summed E-state index contributed by atoms with van der Waals surface area (Å²) in [6, 6.07) is 20.0. The summed E-state index contributed by atoms with van der Waals surface area (Å²) in [5.41, 5.74) is 2.99. The van der Waals surface area contributed by atoms with E-state index < -0.39 is 15.9 Å². The van der Waals surface area contributed by atoms with Gasteiger partial charge in [-0.25, -0.2) is 8.42 Å². The fourth-order valence-corrected chi connectivity index (χ4v) is 4.59. The van der Waals surface area contributed by atoms with Crippen LogP contribution in [-0.2, 0) is 14.8 Å². The third-order valence-electron chi connectivity index (χ3n) is 4.24. The number of hydrogen-bond acceptors (Lipinski definition) is 3. The van der Waals surface area contributed by atoms with Gasteiger partial charge in [0.25, 0.3) is 10.0 Å². The molecule has 3 aromatic carbocycles. The predicted molar refractivity (Wildman–Crippen MR) is 117 cm³/mol. The lowest BCUT2D eigenvalue weighted by atomic mass is 10.1. The topological polar surface area (TPSA) is 66.5 Å². The van der Waals surface area contributed by atoms with Gasteiger partial charge in [-0.2, -0.15) is 0 Å². The maximum Gasteiger partial charge on any atom is 0.264 e. The van der Waals surface area contributed by atoms with Crippen molar-refractivity contribution in [1.29, 1.82) is 0 Å². The molecule has 1 N–H and O–H groups in total. The zero-order valence-corrected chi connectivity index (χ0v) is 17.7. The zero-order valence-electron chi connectivity index (χ0n) is 16.1. The molecule has 0 aliphatic rings. The van der Waals surface area contributed by atoms with E-state index in [0.29, 0.717) is 16.4 Å². The smallest absolute Gasteiger partial charge is 0.264 e. The van der Waals surface area contributed by atoms with Gasteiger partial charge in [-0.15, -0.1) is 0 Å². The first-order chi connectivity index (χ1) is 13.8. The average Bonchev–Trinajstić information content (AvgIpc) is 2.67. The van der Waals surface area contributed by atoms with Crippen LogP contribution in [0, 0.1) is 13.8 Å². The summed E-state index contributed by atoms with van der Waals surface area (Å²) in [6.07, 6.45) is 0. The lowest BCUT2D eigenvalue weighted by Gasteiger charge is -2.24. The molecule has 3 aromatic rings. The van der Waals surface area contributed by atoms with E-state index in [-0.39, 0.29) is 11.4 Å². The van der Waals surface area contributed by atoms with Gasteiger partial charge in [0.15, 0.2) is 0 Å². The molecule has 0 saturated carbocycles. The summed E-state index contributed by atoms with van der Waals surface area (Å²) in [4.78, 5) is 12.8. The number of nitrogens with one attached hydrogen (secondary N) is 1. The Labute approximate surface area is 176 Å². The van der Waals surface area contributed by atoms with Crippen molar-refractivity contribution in [1.82, 2.24) is 0 Å². The second kappa shape index (κ2) is 8.68. The Bertz CT molecular complexity index is 1090. The third-order valence-corrected chi connectivity index (χ3v) is 6.28. The van der Waals surface area contributed by atoms with Crippen LogP contribution in [0.4, 0.5) is 11.4 Å². The molecule has 0 unspecified atom stereocenters. The van der Waals surface area contributed by atoms with Crippen LogP contribution in [0.5, 0.6) is 0 Å². The van der Waals surface area contributed by atoms with E-state index in [4.69, 9.17) is 11.6 Å². The van der Waals surface area contributed by atoms with E-state index in [1.165, 1.54) is 12.1 Å². The van der Waals surface area contributed by atoms with Crippen LogP contribution in [0.15, 0.2) is 77.7 Å². The number of amides is 1. The van der Waals surface area contributed by atoms with Gasteiger partial charge in [0.05, 0.1) is 10.6 Å². The first-order valence-corrected chi connectivity index (χ1v) is 10.8. The molecule has 7 heteroatoms. The van der Waals surface area contributed by atoms with Gasteiger partial charge >= 0.3 is 0 Å². The van der Waals surface area contributed by atoms with Gasteiger partial charge < -0.3 is 5.32 Å². The molecule has 150 valence electrons. The fraction of sp³-hybridized carbons (Fsp3) is 0.136. The van der Waals surface area contributed by atoms with E-state index in [0.717, 1.165) is 15.4 Å². The Kier molecular flexibility index (Phi) is 6.25. The normalized spacial score (nSPS) is 11.1. The Hall–Kier alpha value is -2.83. The number of carbonyl (C=O) groups is 1. The summed E-state index contributed by atoms with van der Waals surface area (Å²) >= 11 is 5.94. The van der Waals surface area contributed by atoms with Crippen molar-refractivity contribution < 1.29 is 13.2 Å². The predicted octanol–water partition coefficient (Wildman–Crippen LogP) is 4.79. The van der Waals surface area contributed by atoms with Crippen LogP contribution in [-0.4, -0.2) is 20.9 Å². The number of hydrogen-bond donors (Lipinski definition) is 1. The Morgan fingerprint density at radius 2 is 1.52 bits per heavy atom. The van der Waals surface area contributed by atoms with Crippen molar-refractivity contribution in [2.24, 2.45) is 0 Å². The minimum atomic E-state index is -3.94. The molecule has 29 heavy (non-hydrogen) atoms. The van der Waals surface area contributed by atoms with Gasteiger partial charge in [-0.1, -0.05) is 35.9 Å². The third kappa shape index (κ3) is 5.16. The summed E-state index contributed by atoms with van der Waals surface area (Å²) in [5, 5.41) is 3.26. The Morgan fingerprint density at radius 1 is 0.931 bits per heavy atom. The van der Waals surface area contributed by atoms with E-state index >= 15 is 0 Å². The van der Waals surface area contributed by atoms with Crippen molar-refractivity contribution in [2.45, 2.75) is 18.7 Å². The molecule has 0 spiro atoms. The van der Waals surface area contributed by atoms with E-state index in [1.54, 1.807) is 42.5 Å². The number of halogens is 1. The molecule has 0 heterocycles. The van der Waals surface area contributed by atoms with Gasteiger partial charge in [-0.3, -0.25) is 9.10 Å². The van der Waals surface area contributed by atoms with Crippen molar-refractivity contribution >= 4 is 38.9 Å². The molecule has 0 bridgehead atoms. The van der Waals surface area contributed by atoms with Crippen molar-refractivity contribution in [3.8, 4) is 0 Å². The highest BCUT2D eigenvalue weighted by Crippen LogP contribution is 2.25. The minimum Gasteiger partial charge on any atom is -0.324 e. The van der Waals surface area contributed by atoms with Crippen LogP contribution in [0.2, 0.25) is 5.02 Å². The first-order valence-electron chi connectivity index (χ1n) is 8.97. The highest BCUT2D eigenvalue weighted by Gasteiger charge is 2.27. The van der Waals surface area contributed by atoms with E-state index in [2.05, 4.69) is 5.32 Å². The summed E-state index contributed by atoms with van der Waals surface area (Å²) in [6.45, 7) is 3.50. The molecule has 0 aromatic heterocycles. The highest BCUT2D eigenvalue weighted by molar-refractivity contribution is 7.92. The van der Waals surface area contributed by atoms with Crippen molar-refractivity contribution in [3.05, 3.63) is 88.9 Å².